The third-order valence-corrected chi connectivity index (χ3v) is 3.86. The van der Waals surface area contributed by atoms with Crippen LogP contribution in [0.5, 0.6) is 5.75 Å². The molecular weight excluding hydrogens is 262 g/mol. The van der Waals surface area contributed by atoms with E-state index in [2.05, 4.69) is 4.72 Å². The molecule has 0 aliphatic heterocycles. The summed E-state index contributed by atoms with van der Waals surface area (Å²) in [6, 6.07) is 13.7. The van der Waals surface area contributed by atoms with E-state index in [1.54, 1.807) is 36.4 Å². The first-order valence-corrected chi connectivity index (χ1v) is 7.45. The van der Waals surface area contributed by atoms with Crippen molar-refractivity contribution in [1.82, 2.24) is 0 Å². The summed E-state index contributed by atoms with van der Waals surface area (Å²) >= 11 is 0. The topological polar surface area (TPSA) is 66.4 Å². The number of hydrogen-bond donors (Lipinski definition) is 2. The minimum Gasteiger partial charge on any atom is -0.506 e. The predicted octanol–water partition coefficient (Wildman–Crippen LogP) is 2.64. The maximum atomic E-state index is 12.0. The number of hydrogen-bond acceptors (Lipinski definition) is 3. The maximum Gasteiger partial charge on any atom is 0.237 e. The monoisotopic (exact) mass is 277 g/mol. The number of benzene rings is 2. The van der Waals surface area contributed by atoms with Crippen molar-refractivity contribution in [3.05, 3.63) is 59.7 Å². The van der Waals surface area contributed by atoms with Crippen molar-refractivity contribution in [1.29, 1.82) is 0 Å². The van der Waals surface area contributed by atoms with Crippen molar-refractivity contribution in [2.24, 2.45) is 0 Å². The molecule has 2 aromatic rings. The van der Waals surface area contributed by atoms with Gasteiger partial charge in [-0.25, -0.2) is 8.42 Å². The van der Waals surface area contributed by atoms with E-state index in [1.807, 2.05) is 13.0 Å². The number of sulfonamides is 1. The molecule has 0 bridgehead atoms. The molecule has 0 saturated heterocycles. The van der Waals surface area contributed by atoms with Crippen LogP contribution in [-0.2, 0) is 15.8 Å². The minimum absolute atomic E-state index is 0.0813. The van der Waals surface area contributed by atoms with Gasteiger partial charge in [0.1, 0.15) is 5.75 Å². The Hall–Kier alpha value is -2.01. The molecule has 2 rings (SSSR count). The zero-order chi connectivity index (χ0) is 13.9. The highest BCUT2D eigenvalue weighted by atomic mass is 32.2. The average molecular weight is 277 g/mol. The van der Waals surface area contributed by atoms with Gasteiger partial charge in [0.05, 0.1) is 11.4 Å². The van der Waals surface area contributed by atoms with Gasteiger partial charge in [0, 0.05) is 0 Å². The minimum atomic E-state index is -3.54. The van der Waals surface area contributed by atoms with E-state index in [0.717, 1.165) is 5.56 Å². The molecule has 0 heterocycles. The molecule has 100 valence electrons. The van der Waals surface area contributed by atoms with Crippen molar-refractivity contribution in [3.8, 4) is 5.75 Å². The number of aryl methyl sites for hydroxylation is 1. The summed E-state index contributed by atoms with van der Waals surface area (Å²) in [6.45, 7) is 1.83. The SMILES string of the molecule is Cc1ccc(O)c(NS(=O)(=O)Cc2ccccc2)c1. The fourth-order valence-electron chi connectivity index (χ4n) is 1.73. The largest absolute Gasteiger partial charge is 0.506 e. The summed E-state index contributed by atoms with van der Waals surface area (Å²) in [6.07, 6.45) is 0. The molecule has 4 nitrogen and oxygen atoms in total. The van der Waals surface area contributed by atoms with E-state index in [1.165, 1.54) is 6.07 Å². The van der Waals surface area contributed by atoms with Gasteiger partial charge >= 0.3 is 0 Å². The molecule has 0 aliphatic rings. The second-order valence-corrected chi connectivity index (χ2v) is 6.09. The molecule has 0 aromatic heterocycles. The van der Waals surface area contributed by atoms with Crippen LogP contribution in [0.25, 0.3) is 0 Å². The van der Waals surface area contributed by atoms with Gasteiger partial charge in [0.25, 0.3) is 0 Å². The van der Waals surface area contributed by atoms with Crippen LogP contribution in [0.2, 0.25) is 0 Å². The van der Waals surface area contributed by atoms with Crippen LogP contribution in [0, 0.1) is 6.92 Å². The predicted molar refractivity (Wildman–Crippen MR) is 75.5 cm³/mol. The van der Waals surface area contributed by atoms with Crippen molar-refractivity contribution in [2.75, 3.05) is 4.72 Å². The number of phenolic OH excluding ortho intramolecular Hbond substituents is 1. The van der Waals surface area contributed by atoms with Crippen LogP contribution in [-0.4, -0.2) is 13.5 Å². The highest BCUT2D eigenvalue weighted by molar-refractivity contribution is 7.91. The maximum absolute atomic E-state index is 12.0. The molecule has 0 radical (unpaired) electrons. The van der Waals surface area contributed by atoms with Crippen LogP contribution < -0.4 is 4.72 Å². The van der Waals surface area contributed by atoms with Gasteiger partial charge in [-0.15, -0.1) is 0 Å². The highest BCUT2D eigenvalue weighted by Crippen LogP contribution is 2.25. The fraction of sp³-hybridized carbons (Fsp3) is 0.143. The molecular formula is C14H15NO3S. The van der Waals surface area contributed by atoms with Crippen molar-refractivity contribution >= 4 is 15.7 Å². The first kappa shape index (κ1) is 13.4. The van der Waals surface area contributed by atoms with Gasteiger partial charge in [-0.2, -0.15) is 0 Å². The Morgan fingerprint density at radius 2 is 1.79 bits per heavy atom. The van der Waals surface area contributed by atoms with Crippen molar-refractivity contribution in [2.45, 2.75) is 12.7 Å². The standard InChI is InChI=1S/C14H15NO3S/c1-11-7-8-14(16)13(9-11)15-19(17,18)10-12-5-3-2-4-6-12/h2-9,15-16H,10H2,1H3. The zero-order valence-corrected chi connectivity index (χ0v) is 11.3. The van der Waals surface area contributed by atoms with Gasteiger partial charge in [-0.1, -0.05) is 36.4 Å². The first-order chi connectivity index (χ1) is 8.96. The van der Waals surface area contributed by atoms with Crippen LogP contribution in [0.4, 0.5) is 5.69 Å². The summed E-state index contributed by atoms with van der Waals surface area (Å²) in [4.78, 5) is 0. The van der Waals surface area contributed by atoms with Crippen molar-refractivity contribution in [3.63, 3.8) is 0 Å². The third kappa shape index (κ3) is 3.72. The number of anilines is 1. The summed E-state index contributed by atoms with van der Waals surface area (Å²) < 4.78 is 26.4. The quantitative estimate of drug-likeness (QED) is 0.844. The van der Waals surface area contributed by atoms with E-state index < -0.39 is 10.0 Å². The molecule has 0 spiro atoms. The Labute approximate surface area is 112 Å². The molecule has 0 fully saturated rings. The smallest absolute Gasteiger partial charge is 0.237 e. The second kappa shape index (κ2) is 5.32. The van der Waals surface area contributed by atoms with E-state index in [0.29, 0.717) is 5.56 Å². The normalized spacial score (nSPS) is 11.2. The van der Waals surface area contributed by atoms with E-state index in [-0.39, 0.29) is 17.2 Å². The van der Waals surface area contributed by atoms with Gasteiger partial charge < -0.3 is 5.11 Å². The summed E-state index contributed by atoms with van der Waals surface area (Å²) in [5.74, 6) is -0.205. The molecule has 2 aromatic carbocycles. The summed E-state index contributed by atoms with van der Waals surface area (Å²) in [5, 5.41) is 9.64. The van der Waals surface area contributed by atoms with Crippen LogP contribution in [0.3, 0.4) is 0 Å². The van der Waals surface area contributed by atoms with Crippen LogP contribution >= 0.6 is 0 Å². The Balaban J connectivity index is 2.20. The van der Waals surface area contributed by atoms with Gasteiger partial charge in [0.15, 0.2) is 0 Å². The van der Waals surface area contributed by atoms with Crippen molar-refractivity contribution < 1.29 is 13.5 Å². The molecule has 2 N–H and O–H groups in total. The van der Waals surface area contributed by atoms with Crippen LogP contribution in [0.1, 0.15) is 11.1 Å². The van der Waals surface area contributed by atoms with E-state index in [4.69, 9.17) is 0 Å². The Kier molecular flexibility index (Phi) is 3.76. The fourth-order valence-corrected chi connectivity index (χ4v) is 2.93. The molecule has 0 aliphatic carbocycles. The molecule has 0 unspecified atom stereocenters. The average Bonchev–Trinajstić information content (AvgIpc) is 2.34. The lowest BCUT2D eigenvalue weighted by Crippen LogP contribution is -2.15. The number of nitrogens with one attached hydrogen (secondary N) is 1. The third-order valence-electron chi connectivity index (χ3n) is 2.62. The van der Waals surface area contributed by atoms with E-state index >= 15 is 0 Å². The lowest BCUT2D eigenvalue weighted by molar-refractivity contribution is 0.477. The highest BCUT2D eigenvalue weighted by Gasteiger charge is 2.13. The van der Waals surface area contributed by atoms with E-state index in [9.17, 15) is 13.5 Å². The summed E-state index contributed by atoms with van der Waals surface area (Å²) in [5.41, 5.74) is 1.77. The first-order valence-electron chi connectivity index (χ1n) is 5.80. The Morgan fingerprint density at radius 1 is 1.11 bits per heavy atom. The molecule has 0 atom stereocenters. The molecule has 5 heteroatoms. The Morgan fingerprint density at radius 3 is 2.47 bits per heavy atom. The number of aromatic hydroxyl groups is 1. The van der Waals surface area contributed by atoms with Gasteiger partial charge in [0.2, 0.25) is 10.0 Å². The number of phenols is 1. The molecule has 0 amide bonds. The zero-order valence-electron chi connectivity index (χ0n) is 10.5. The molecule has 19 heavy (non-hydrogen) atoms. The number of rotatable bonds is 4. The van der Waals surface area contributed by atoms with Gasteiger partial charge in [-0.05, 0) is 30.2 Å². The lowest BCUT2D eigenvalue weighted by Gasteiger charge is -2.10. The van der Waals surface area contributed by atoms with Gasteiger partial charge in [-0.3, -0.25) is 4.72 Å². The summed E-state index contributed by atoms with van der Waals surface area (Å²) in [7, 11) is -3.54. The second-order valence-electron chi connectivity index (χ2n) is 4.37. The van der Waals surface area contributed by atoms with Crippen LogP contribution in [0.15, 0.2) is 48.5 Å². The Bertz CT molecular complexity index is 666. The lowest BCUT2D eigenvalue weighted by atomic mass is 10.2. The molecule has 0 saturated carbocycles.